The number of hydrogen-bond acceptors (Lipinski definition) is 4. The van der Waals surface area contributed by atoms with Crippen LogP contribution in [-0.2, 0) is 14.3 Å². The summed E-state index contributed by atoms with van der Waals surface area (Å²) in [7, 11) is 0. The zero-order chi connectivity index (χ0) is 10.7. The van der Waals surface area contributed by atoms with Crippen molar-refractivity contribution in [1.82, 2.24) is 16.2 Å². The average Bonchev–Trinajstić information content (AvgIpc) is 2.84. The first-order valence-corrected chi connectivity index (χ1v) is 5.19. The third-order valence-corrected chi connectivity index (χ3v) is 2.62. The summed E-state index contributed by atoms with van der Waals surface area (Å²) < 4.78 is 5.37. The van der Waals surface area contributed by atoms with E-state index in [1.807, 2.05) is 0 Å². The molecule has 0 saturated carbocycles. The third kappa shape index (κ3) is 2.66. The summed E-state index contributed by atoms with van der Waals surface area (Å²) in [6.45, 7) is 1.31. The predicted octanol–water partition coefficient (Wildman–Crippen LogP) is -1.33. The van der Waals surface area contributed by atoms with Crippen molar-refractivity contribution in [2.45, 2.75) is 31.4 Å². The van der Waals surface area contributed by atoms with Crippen LogP contribution in [0, 0.1) is 0 Å². The standard InChI is InChI=1S/C9H15N3O3/c13-8-4-7(11-12-8)9(14)10-5-6-2-1-3-15-6/h6-7,11H,1-5H2,(H,10,14)(H,12,13). The molecule has 2 rings (SSSR count). The minimum absolute atomic E-state index is 0.138. The number of ether oxygens (including phenoxy) is 1. The van der Waals surface area contributed by atoms with Crippen LogP contribution in [0.4, 0.5) is 0 Å². The molecule has 6 heteroatoms. The smallest absolute Gasteiger partial charge is 0.239 e. The number of rotatable bonds is 3. The minimum Gasteiger partial charge on any atom is -0.376 e. The van der Waals surface area contributed by atoms with Gasteiger partial charge >= 0.3 is 0 Å². The van der Waals surface area contributed by atoms with Gasteiger partial charge in [-0.1, -0.05) is 0 Å². The normalized spacial score (nSPS) is 30.3. The van der Waals surface area contributed by atoms with Crippen molar-refractivity contribution in [3.8, 4) is 0 Å². The Kier molecular flexibility index (Phi) is 3.17. The van der Waals surface area contributed by atoms with Crippen molar-refractivity contribution in [2.24, 2.45) is 0 Å². The number of carbonyl (C=O) groups excluding carboxylic acids is 2. The van der Waals surface area contributed by atoms with Crippen molar-refractivity contribution >= 4 is 11.8 Å². The highest BCUT2D eigenvalue weighted by Crippen LogP contribution is 2.10. The maximum Gasteiger partial charge on any atom is 0.239 e. The second kappa shape index (κ2) is 4.59. The zero-order valence-electron chi connectivity index (χ0n) is 8.41. The van der Waals surface area contributed by atoms with E-state index in [9.17, 15) is 9.59 Å². The molecule has 2 unspecified atom stereocenters. The minimum atomic E-state index is -0.445. The van der Waals surface area contributed by atoms with E-state index < -0.39 is 6.04 Å². The highest BCUT2D eigenvalue weighted by Gasteiger charge is 2.28. The van der Waals surface area contributed by atoms with Gasteiger partial charge in [0.15, 0.2) is 0 Å². The first-order valence-electron chi connectivity index (χ1n) is 5.19. The van der Waals surface area contributed by atoms with Gasteiger partial charge in [0, 0.05) is 13.2 Å². The highest BCUT2D eigenvalue weighted by molar-refractivity contribution is 5.90. The molecule has 0 bridgehead atoms. The van der Waals surface area contributed by atoms with E-state index in [-0.39, 0.29) is 24.3 Å². The van der Waals surface area contributed by atoms with Crippen molar-refractivity contribution in [2.75, 3.05) is 13.2 Å². The van der Waals surface area contributed by atoms with Crippen molar-refractivity contribution in [3.63, 3.8) is 0 Å². The molecule has 0 aromatic heterocycles. The van der Waals surface area contributed by atoms with Crippen LogP contribution in [0.2, 0.25) is 0 Å². The summed E-state index contributed by atoms with van der Waals surface area (Å²) >= 11 is 0. The topological polar surface area (TPSA) is 79.5 Å². The van der Waals surface area contributed by atoms with E-state index in [2.05, 4.69) is 16.2 Å². The Balaban J connectivity index is 1.70. The fraction of sp³-hybridized carbons (Fsp3) is 0.778. The Morgan fingerprint density at radius 1 is 1.60 bits per heavy atom. The molecule has 0 spiro atoms. The lowest BCUT2D eigenvalue weighted by atomic mass is 10.2. The monoisotopic (exact) mass is 213 g/mol. The number of nitrogens with one attached hydrogen (secondary N) is 3. The van der Waals surface area contributed by atoms with Gasteiger partial charge in [-0.2, -0.15) is 0 Å². The molecule has 0 radical (unpaired) electrons. The molecule has 6 nitrogen and oxygen atoms in total. The fourth-order valence-corrected chi connectivity index (χ4v) is 1.76. The summed E-state index contributed by atoms with van der Waals surface area (Å²) in [4.78, 5) is 22.4. The molecule has 2 saturated heterocycles. The van der Waals surface area contributed by atoms with Crippen LogP contribution >= 0.6 is 0 Å². The van der Waals surface area contributed by atoms with Crippen LogP contribution in [0.25, 0.3) is 0 Å². The van der Waals surface area contributed by atoms with E-state index in [0.29, 0.717) is 6.54 Å². The van der Waals surface area contributed by atoms with E-state index in [4.69, 9.17) is 4.74 Å². The first kappa shape index (κ1) is 10.4. The lowest BCUT2D eigenvalue weighted by Gasteiger charge is -2.13. The molecule has 84 valence electrons. The number of hydrazine groups is 1. The van der Waals surface area contributed by atoms with Gasteiger partial charge in [0.25, 0.3) is 0 Å². The molecule has 2 aliphatic heterocycles. The summed E-state index contributed by atoms with van der Waals surface area (Å²) in [5.74, 6) is -0.295. The van der Waals surface area contributed by atoms with Crippen LogP contribution in [-0.4, -0.2) is 37.1 Å². The van der Waals surface area contributed by atoms with E-state index in [1.54, 1.807) is 0 Å². The van der Waals surface area contributed by atoms with Crippen molar-refractivity contribution in [1.29, 1.82) is 0 Å². The summed E-state index contributed by atoms with van der Waals surface area (Å²) in [6.07, 6.45) is 2.40. The summed E-state index contributed by atoms with van der Waals surface area (Å²) in [5, 5.41) is 2.77. The molecule has 2 heterocycles. The Labute approximate surface area is 87.7 Å². The van der Waals surface area contributed by atoms with Crippen LogP contribution < -0.4 is 16.2 Å². The van der Waals surface area contributed by atoms with Gasteiger partial charge in [-0.15, -0.1) is 0 Å². The van der Waals surface area contributed by atoms with Gasteiger partial charge in [0.1, 0.15) is 6.04 Å². The second-order valence-electron chi connectivity index (χ2n) is 3.83. The lowest BCUT2D eigenvalue weighted by Crippen LogP contribution is -2.45. The quantitative estimate of drug-likeness (QED) is 0.543. The Bertz CT molecular complexity index is 263. The second-order valence-corrected chi connectivity index (χ2v) is 3.83. The molecule has 0 aliphatic carbocycles. The number of carbonyl (C=O) groups is 2. The van der Waals surface area contributed by atoms with Crippen LogP contribution in [0.15, 0.2) is 0 Å². The van der Waals surface area contributed by atoms with Gasteiger partial charge in [-0.25, -0.2) is 5.43 Å². The maximum absolute atomic E-state index is 11.5. The molecule has 15 heavy (non-hydrogen) atoms. The Morgan fingerprint density at radius 2 is 2.47 bits per heavy atom. The van der Waals surface area contributed by atoms with Gasteiger partial charge in [0.2, 0.25) is 11.8 Å². The van der Waals surface area contributed by atoms with Crippen LogP contribution in [0.3, 0.4) is 0 Å². The Hall–Kier alpha value is -1.14. The Morgan fingerprint density at radius 3 is 3.07 bits per heavy atom. The molecule has 2 fully saturated rings. The van der Waals surface area contributed by atoms with Gasteiger partial charge < -0.3 is 10.1 Å². The SMILES string of the molecule is O=C1CC(C(=O)NCC2CCCO2)NN1. The summed E-state index contributed by atoms with van der Waals surface area (Å²) in [6, 6.07) is -0.445. The van der Waals surface area contributed by atoms with Gasteiger partial charge in [0.05, 0.1) is 12.5 Å². The molecular formula is C9H15N3O3. The zero-order valence-corrected chi connectivity index (χ0v) is 8.41. The average molecular weight is 213 g/mol. The molecule has 0 aromatic rings. The van der Waals surface area contributed by atoms with E-state index in [1.165, 1.54) is 0 Å². The molecule has 3 N–H and O–H groups in total. The van der Waals surface area contributed by atoms with E-state index >= 15 is 0 Å². The van der Waals surface area contributed by atoms with Crippen LogP contribution in [0.1, 0.15) is 19.3 Å². The van der Waals surface area contributed by atoms with Crippen LogP contribution in [0.5, 0.6) is 0 Å². The lowest BCUT2D eigenvalue weighted by molar-refractivity contribution is -0.124. The van der Waals surface area contributed by atoms with Gasteiger partial charge in [-0.05, 0) is 12.8 Å². The van der Waals surface area contributed by atoms with Crippen molar-refractivity contribution < 1.29 is 14.3 Å². The first-order chi connectivity index (χ1) is 7.25. The third-order valence-electron chi connectivity index (χ3n) is 2.62. The van der Waals surface area contributed by atoms with Crippen molar-refractivity contribution in [3.05, 3.63) is 0 Å². The molecular weight excluding hydrogens is 198 g/mol. The number of hydrogen-bond donors (Lipinski definition) is 3. The highest BCUT2D eigenvalue weighted by atomic mass is 16.5. The van der Waals surface area contributed by atoms with E-state index in [0.717, 1.165) is 19.4 Å². The maximum atomic E-state index is 11.5. The molecule has 0 aromatic carbocycles. The molecule has 2 atom stereocenters. The fourth-order valence-electron chi connectivity index (χ4n) is 1.76. The van der Waals surface area contributed by atoms with Gasteiger partial charge in [-0.3, -0.25) is 15.0 Å². The molecule has 2 aliphatic rings. The number of amides is 2. The molecule has 2 amide bonds. The summed E-state index contributed by atoms with van der Waals surface area (Å²) in [5.41, 5.74) is 5.03. The largest absolute Gasteiger partial charge is 0.376 e. The predicted molar refractivity (Wildman–Crippen MR) is 51.7 cm³/mol.